The molecule has 1 aromatic heterocycles. The zero-order valence-corrected chi connectivity index (χ0v) is 12.8. The number of benzene rings is 1. The van der Waals surface area contributed by atoms with Gasteiger partial charge in [0.2, 0.25) is 0 Å². The van der Waals surface area contributed by atoms with Crippen LogP contribution in [0.4, 0.5) is 0 Å². The minimum Gasteiger partial charge on any atom is -0.493 e. The third-order valence-electron chi connectivity index (χ3n) is 3.85. The quantitative estimate of drug-likeness (QED) is 0.850. The molecule has 1 saturated carbocycles. The molecule has 4 heteroatoms. The van der Waals surface area contributed by atoms with Gasteiger partial charge in [-0.05, 0) is 30.9 Å². The fraction of sp³-hybridized carbons (Fsp3) is 0.471. The summed E-state index contributed by atoms with van der Waals surface area (Å²) >= 11 is 0. The summed E-state index contributed by atoms with van der Waals surface area (Å²) in [5, 5.41) is 7.74. The van der Waals surface area contributed by atoms with Gasteiger partial charge in [0.05, 0.1) is 12.8 Å². The Morgan fingerprint density at radius 2 is 2.24 bits per heavy atom. The Labute approximate surface area is 126 Å². The van der Waals surface area contributed by atoms with Crippen molar-refractivity contribution in [1.29, 1.82) is 0 Å². The monoisotopic (exact) mass is 285 g/mol. The predicted molar refractivity (Wildman–Crippen MR) is 83.4 cm³/mol. The molecule has 1 aliphatic carbocycles. The highest BCUT2D eigenvalue weighted by atomic mass is 16.5. The molecule has 21 heavy (non-hydrogen) atoms. The number of hydrogen-bond acceptors (Lipinski definition) is 3. The van der Waals surface area contributed by atoms with E-state index in [0.29, 0.717) is 12.6 Å². The van der Waals surface area contributed by atoms with Gasteiger partial charge in [-0.1, -0.05) is 18.2 Å². The molecule has 0 aliphatic heterocycles. The van der Waals surface area contributed by atoms with Gasteiger partial charge in [-0.2, -0.15) is 5.10 Å². The molecule has 0 bridgehead atoms. The molecule has 1 aliphatic rings. The van der Waals surface area contributed by atoms with Gasteiger partial charge in [-0.25, -0.2) is 0 Å². The van der Waals surface area contributed by atoms with E-state index in [1.165, 1.54) is 29.5 Å². The van der Waals surface area contributed by atoms with Crippen molar-refractivity contribution < 1.29 is 4.74 Å². The molecule has 0 atom stereocenters. The summed E-state index contributed by atoms with van der Waals surface area (Å²) in [5.74, 6) is 1.04. The first kappa shape index (κ1) is 14.1. The molecular formula is C17H23N3O. The number of hydrogen-bond donors (Lipinski definition) is 1. The normalized spacial score (nSPS) is 14.4. The number of nitrogens with one attached hydrogen (secondary N) is 1. The average molecular weight is 285 g/mol. The standard InChI is InChI=1S/C17H23N3O/c1-13-4-3-5-15(11-18-16-6-7-16)17(13)21-9-8-14-10-19-20(2)12-14/h3-5,10,12,16,18H,6-9,11H2,1-2H3. The summed E-state index contributed by atoms with van der Waals surface area (Å²) in [7, 11) is 1.94. The first-order valence-corrected chi connectivity index (χ1v) is 7.64. The van der Waals surface area contributed by atoms with E-state index in [-0.39, 0.29) is 0 Å². The van der Waals surface area contributed by atoms with Crippen molar-refractivity contribution in [3.05, 3.63) is 47.3 Å². The summed E-state index contributed by atoms with van der Waals surface area (Å²) in [5.41, 5.74) is 3.67. The summed E-state index contributed by atoms with van der Waals surface area (Å²) in [4.78, 5) is 0. The Bertz CT molecular complexity index is 602. The van der Waals surface area contributed by atoms with Crippen LogP contribution in [-0.2, 0) is 20.0 Å². The third-order valence-corrected chi connectivity index (χ3v) is 3.85. The van der Waals surface area contributed by atoms with Crippen molar-refractivity contribution in [1.82, 2.24) is 15.1 Å². The van der Waals surface area contributed by atoms with Crippen LogP contribution in [0.15, 0.2) is 30.6 Å². The summed E-state index contributed by atoms with van der Waals surface area (Å²) in [6, 6.07) is 7.09. The highest BCUT2D eigenvalue weighted by molar-refractivity contribution is 5.40. The van der Waals surface area contributed by atoms with E-state index in [1.807, 2.05) is 24.1 Å². The zero-order valence-electron chi connectivity index (χ0n) is 12.8. The molecule has 112 valence electrons. The number of nitrogens with zero attached hydrogens (tertiary/aromatic N) is 2. The maximum atomic E-state index is 6.06. The second kappa shape index (κ2) is 6.31. The van der Waals surface area contributed by atoms with Gasteiger partial charge in [0.25, 0.3) is 0 Å². The lowest BCUT2D eigenvalue weighted by atomic mass is 10.1. The fourth-order valence-electron chi connectivity index (χ4n) is 2.47. The van der Waals surface area contributed by atoms with Crippen LogP contribution in [-0.4, -0.2) is 22.4 Å². The maximum Gasteiger partial charge on any atom is 0.126 e. The molecular weight excluding hydrogens is 262 g/mol. The van der Waals surface area contributed by atoms with Crippen LogP contribution in [0.1, 0.15) is 29.5 Å². The van der Waals surface area contributed by atoms with Gasteiger partial charge in [0.15, 0.2) is 0 Å². The predicted octanol–water partition coefficient (Wildman–Crippen LogP) is 2.60. The molecule has 0 unspecified atom stereocenters. The molecule has 1 N–H and O–H groups in total. The van der Waals surface area contributed by atoms with Gasteiger partial charge in [0, 0.05) is 37.8 Å². The van der Waals surface area contributed by atoms with Crippen LogP contribution < -0.4 is 10.1 Å². The summed E-state index contributed by atoms with van der Waals surface area (Å²) in [6.45, 7) is 3.70. The molecule has 2 aromatic rings. The number of aromatic nitrogens is 2. The van der Waals surface area contributed by atoms with E-state index in [0.717, 1.165) is 18.7 Å². The van der Waals surface area contributed by atoms with E-state index in [9.17, 15) is 0 Å². The van der Waals surface area contributed by atoms with Crippen molar-refractivity contribution in [3.8, 4) is 5.75 Å². The third kappa shape index (κ3) is 3.85. The summed E-state index contributed by atoms with van der Waals surface area (Å²) in [6.07, 6.45) is 7.44. The Kier molecular flexibility index (Phi) is 4.25. The fourth-order valence-corrected chi connectivity index (χ4v) is 2.47. The van der Waals surface area contributed by atoms with E-state index in [1.54, 1.807) is 0 Å². The first-order chi connectivity index (χ1) is 10.2. The van der Waals surface area contributed by atoms with E-state index < -0.39 is 0 Å². The van der Waals surface area contributed by atoms with Crippen molar-refractivity contribution in [2.24, 2.45) is 7.05 Å². The van der Waals surface area contributed by atoms with Gasteiger partial charge < -0.3 is 10.1 Å². The number of aryl methyl sites for hydroxylation is 2. The van der Waals surface area contributed by atoms with Crippen LogP contribution in [0.25, 0.3) is 0 Å². The lowest BCUT2D eigenvalue weighted by molar-refractivity contribution is 0.315. The zero-order chi connectivity index (χ0) is 14.7. The molecule has 1 aromatic carbocycles. The second-order valence-electron chi connectivity index (χ2n) is 5.84. The van der Waals surface area contributed by atoms with Gasteiger partial charge >= 0.3 is 0 Å². The first-order valence-electron chi connectivity index (χ1n) is 7.64. The minimum absolute atomic E-state index is 0.687. The Morgan fingerprint density at radius 3 is 2.95 bits per heavy atom. The molecule has 3 rings (SSSR count). The largest absolute Gasteiger partial charge is 0.493 e. The van der Waals surface area contributed by atoms with Crippen LogP contribution in [0.3, 0.4) is 0 Å². The second-order valence-corrected chi connectivity index (χ2v) is 5.84. The van der Waals surface area contributed by atoms with Crippen LogP contribution in [0.2, 0.25) is 0 Å². The lowest BCUT2D eigenvalue weighted by Gasteiger charge is -2.14. The van der Waals surface area contributed by atoms with E-state index in [2.05, 4.69) is 35.5 Å². The van der Waals surface area contributed by atoms with Crippen molar-refractivity contribution >= 4 is 0 Å². The van der Waals surface area contributed by atoms with Crippen molar-refractivity contribution in [2.45, 2.75) is 38.8 Å². The van der Waals surface area contributed by atoms with Crippen molar-refractivity contribution in [3.63, 3.8) is 0 Å². The average Bonchev–Trinajstić information content (AvgIpc) is 3.21. The minimum atomic E-state index is 0.687. The number of rotatable bonds is 7. The molecule has 1 fully saturated rings. The van der Waals surface area contributed by atoms with Crippen molar-refractivity contribution in [2.75, 3.05) is 6.61 Å². The van der Waals surface area contributed by atoms with E-state index in [4.69, 9.17) is 4.74 Å². The Morgan fingerprint density at radius 1 is 1.38 bits per heavy atom. The van der Waals surface area contributed by atoms with Gasteiger partial charge in [0.1, 0.15) is 5.75 Å². The van der Waals surface area contributed by atoms with Gasteiger partial charge in [-0.3, -0.25) is 4.68 Å². The lowest BCUT2D eigenvalue weighted by Crippen LogP contribution is -2.16. The van der Waals surface area contributed by atoms with E-state index >= 15 is 0 Å². The molecule has 0 amide bonds. The highest BCUT2D eigenvalue weighted by Crippen LogP contribution is 2.25. The van der Waals surface area contributed by atoms with Gasteiger partial charge in [-0.15, -0.1) is 0 Å². The smallest absolute Gasteiger partial charge is 0.126 e. The molecule has 0 spiro atoms. The highest BCUT2D eigenvalue weighted by Gasteiger charge is 2.20. The number of ether oxygens (including phenoxy) is 1. The van der Waals surface area contributed by atoms with Crippen LogP contribution >= 0.6 is 0 Å². The SMILES string of the molecule is Cc1cccc(CNC2CC2)c1OCCc1cnn(C)c1. The Balaban J connectivity index is 1.59. The maximum absolute atomic E-state index is 6.06. The molecule has 0 radical (unpaired) electrons. The summed E-state index contributed by atoms with van der Waals surface area (Å²) < 4.78 is 7.88. The molecule has 1 heterocycles. The topological polar surface area (TPSA) is 39.1 Å². The van der Waals surface area contributed by atoms with Crippen LogP contribution in [0.5, 0.6) is 5.75 Å². The Hall–Kier alpha value is -1.81. The van der Waals surface area contributed by atoms with Crippen LogP contribution in [0, 0.1) is 6.92 Å². The molecule has 4 nitrogen and oxygen atoms in total. The number of para-hydroxylation sites is 1. The molecule has 0 saturated heterocycles.